The molecule has 0 aliphatic carbocycles. The van der Waals surface area contributed by atoms with Gasteiger partial charge in [0.1, 0.15) is 21.3 Å². The maximum Gasteiger partial charge on any atom is 0.269 e. The molecule has 1 amide bonds. The second kappa shape index (κ2) is 7.57. The Hall–Kier alpha value is -2.97. The van der Waals surface area contributed by atoms with Crippen molar-refractivity contribution in [3.63, 3.8) is 0 Å². The number of carbonyl (C=O) groups excluding carboxylic acids is 1. The van der Waals surface area contributed by atoms with Crippen LogP contribution >= 0.6 is 24.0 Å². The van der Waals surface area contributed by atoms with Gasteiger partial charge in [0.25, 0.3) is 11.5 Å². The van der Waals surface area contributed by atoms with Crippen molar-refractivity contribution in [1.29, 1.82) is 0 Å². The number of carbonyl (C=O) groups is 1. The number of nitrogens with zero attached hydrogens (tertiary/aromatic N) is 3. The van der Waals surface area contributed by atoms with Crippen LogP contribution in [0.15, 0.2) is 64.4 Å². The highest BCUT2D eigenvalue weighted by atomic mass is 32.2. The zero-order valence-corrected chi connectivity index (χ0v) is 16.5. The van der Waals surface area contributed by atoms with Crippen molar-refractivity contribution in [2.75, 3.05) is 6.54 Å². The van der Waals surface area contributed by atoms with E-state index in [-0.39, 0.29) is 22.9 Å². The normalized spacial score (nSPS) is 15.6. The van der Waals surface area contributed by atoms with Gasteiger partial charge >= 0.3 is 0 Å². The lowest BCUT2D eigenvalue weighted by molar-refractivity contribution is -0.121. The van der Waals surface area contributed by atoms with Gasteiger partial charge in [-0.2, -0.15) is 4.98 Å². The monoisotopic (exact) mass is 409 g/mol. The molecule has 4 rings (SSSR count). The van der Waals surface area contributed by atoms with Crippen LogP contribution in [0.2, 0.25) is 0 Å². The standard InChI is InChI=1S/C20H15N3O3S2/c1-2-22-19(25)15(28-20(22)27)12-14-17(26-13-8-4-3-5-9-13)21-16-10-6-7-11-23(16)18(14)24/h3-12H,2H2,1H3/b15-12-. The van der Waals surface area contributed by atoms with E-state index in [2.05, 4.69) is 4.98 Å². The molecule has 1 fully saturated rings. The second-order valence-electron chi connectivity index (χ2n) is 5.91. The number of hydrogen-bond acceptors (Lipinski definition) is 6. The Morgan fingerprint density at radius 1 is 1.14 bits per heavy atom. The first-order valence-electron chi connectivity index (χ1n) is 8.58. The van der Waals surface area contributed by atoms with E-state index >= 15 is 0 Å². The molecule has 0 N–H and O–H groups in total. The third-order valence-electron chi connectivity index (χ3n) is 4.16. The molecule has 1 aliphatic heterocycles. The van der Waals surface area contributed by atoms with Gasteiger partial charge in [-0.05, 0) is 37.3 Å². The van der Waals surface area contributed by atoms with E-state index in [1.165, 1.54) is 27.1 Å². The number of para-hydroxylation sites is 1. The molecule has 0 bridgehead atoms. The quantitative estimate of drug-likeness (QED) is 0.484. The van der Waals surface area contributed by atoms with Crippen LogP contribution in [0.5, 0.6) is 11.6 Å². The van der Waals surface area contributed by atoms with Crippen molar-refractivity contribution in [2.24, 2.45) is 0 Å². The number of pyridine rings is 1. The van der Waals surface area contributed by atoms with E-state index in [4.69, 9.17) is 17.0 Å². The number of hydrogen-bond donors (Lipinski definition) is 0. The molecule has 0 unspecified atom stereocenters. The zero-order chi connectivity index (χ0) is 19.7. The largest absolute Gasteiger partial charge is 0.438 e. The highest BCUT2D eigenvalue weighted by Gasteiger charge is 2.31. The minimum Gasteiger partial charge on any atom is -0.438 e. The van der Waals surface area contributed by atoms with E-state index in [1.54, 1.807) is 36.5 Å². The fourth-order valence-electron chi connectivity index (χ4n) is 2.79. The molecular formula is C20H15N3O3S2. The van der Waals surface area contributed by atoms with E-state index < -0.39 is 0 Å². The summed E-state index contributed by atoms with van der Waals surface area (Å²) in [5.41, 5.74) is 0.333. The molecule has 0 atom stereocenters. The average molecular weight is 409 g/mol. The van der Waals surface area contributed by atoms with Crippen LogP contribution in [0.3, 0.4) is 0 Å². The lowest BCUT2D eigenvalue weighted by Gasteiger charge is -2.11. The predicted octanol–water partition coefficient (Wildman–Crippen LogP) is 3.71. The molecule has 2 aromatic heterocycles. The molecule has 6 nitrogen and oxygen atoms in total. The number of fused-ring (bicyclic) bond motifs is 1. The van der Waals surface area contributed by atoms with Crippen molar-refractivity contribution in [1.82, 2.24) is 14.3 Å². The number of likely N-dealkylation sites (N-methyl/N-ethyl adjacent to an activating group) is 1. The van der Waals surface area contributed by atoms with Crippen molar-refractivity contribution < 1.29 is 9.53 Å². The van der Waals surface area contributed by atoms with E-state index in [1.807, 2.05) is 25.1 Å². The maximum atomic E-state index is 13.1. The van der Waals surface area contributed by atoms with Crippen LogP contribution in [-0.2, 0) is 4.79 Å². The van der Waals surface area contributed by atoms with Gasteiger partial charge in [0.15, 0.2) is 0 Å². The molecule has 1 saturated heterocycles. The molecular weight excluding hydrogens is 394 g/mol. The van der Waals surface area contributed by atoms with Crippen molar-refractivity contribution in [2.45, 2.75) is 6.92 Å². The molecule has 0 saturated carbocycles. The summed E-state index contributed by atoms with van der Waals surface area (Å²) < 4.78 is 7.78. The number of thiocarbonyl (C=S) groups is 1. The first kappa shape index (κ1) is 18.4. The third-order valence-corrected chi connectivity index (χ3v) is 5.53. The van der Waals surface area contributed by atoms with Crippen LogP contribution in [0.25, 0.3) is 11.7 Å². The van der Waals surface area contributed by atoms with Gasteiger partial charge in [0.2, 0.25) is 5.88 Å². The minimum absolute atomic E-state index is 0.143. The number of aromatic nitrogens is 2. The van der Waals surface area contributed by atoms with Crippen molar-refractivity contribution >= 4 is 45.9 Å². The summed E-state index contributed by atoms with van der Waals surface area (Å²) in [6.07, 6.45) is 3.15. The molecule has 1 aliphatic rings. The lowest BCUT2D eigenvalue weighted by Crippen LogP contribution is -2.27. The Morgan fingerprint density at radius 2 is 1.89 bits per heavy atom. The average Bonchev–Trinajstić information content (AvgIpc) is 2.98. The minimum atomic E-state index is -0.321. The van der Waals surface area contributed by atoms with Gasteiger partial charge < -0.3 is 4.74 Å². The molecule has 140 valence electrons. The number of amides is 1. The van der Waals surface area contributed by atoms with Gasteiger partial charge in [0.05, 0.1) is 4.91 Å². The van der Waals surface area contributed by atoms with Gasteiger partial charge in [-0.3, -0.25) is 18.9 Å². The summed E-state index contributed by atoms with van der Waals surface area (Å²) in [4.78, 5) is 32.0. The molecule has 0 spiro atoms. The molecule has 3 aromatic rings. The Kier molecular flexibility index (Phi) is 4.97. The van der Waals surface area contributed by atoms with E-state index in [0.717, 1.165) is 0 Å². The van der Waals surface area contributed by atoms with Crippen molar-refractivity contribution in [3.8, 4) is 11.6 Å². The number of rotatable bonds is 4. The lowest BCUT2D eigenvalue weighted by atomic mass is 10.2. The molecule has 3 heterocycles. The highest BCUT2D eigenvalue weighted by molar-refractivity contribution is 8.26. The topological polar surface area (TPSA) is 63.9 Å². The fraction of sp³-hybridized carbons (Fsp3) is 0.100. The number of ether oxygens (including phenoxy) is 1. The summed E-state index contributed by atoms with van der Waals surface area (Å²) in [5.74, 6) is 0.468. The molecule has 1 aromatic carbocycles. The molecule has 28 heavy (non-hydrogen) atoms. The second-order valence-corrected chi connectivity index (χ2v) is 7.58. The summed E-state index contributed by atoms with van der Waals surface area (Å²) in [7, 11) is 0. The first-order valence-corrected chi connectivity index (χ1v) is 9.80. The van der Waals surface area contributed by atoms with Gasteiger partial charge in [-0.15, -0.1) is 0 Å². The Balaban J connectivity index is 1.88. The van der Waals surface area contributed by atoms with Crippen LogP contribution in [0, 0.1) is 0 Å². The maximum absolute atomic E-state index is 13.1. The Bertz CT molecular complexity index is 1170. The van der Waals surface area contributed by atoms with Gasteiger partial charge in [-0.1, -0.05) is 48.2 Å². The summed E-state index contributed by atoms with van der Waals surface area (Å²) in [5, 5.41) is 0. The van der Waals surface area contributed by atoms with Gasteiger partial charge in [0, 0.05) is 12.7 Å². The van der Waals surface area contributed by atoms with Crippen LogP contribution in [0.4, 0.5) is 0 Å². The fourth-order valence-corrected chi connectivity index (χ4v) is 4.15. The van der Waals surface area contributed by atoms with E-state index in [0.29, 0.717) is 27.2 Å². The number of thioether (sulfide) groups is 1. The zero-order valence-electron chi connectivity index (χ0n) is 14.9. The first-order chi connectivity index (χ1) is 13.6. The predicted molar refractivity (Wildman–Crippen MR) is 114 cm³/mol. The Morgan fingerprint density at radius 3 is 2.61 bits per heavy atom. The third kappa shape index (κ3) is 3.32. The smallest absolute Gasteiger partial charge is 0.269 e. The molecule has 0 radical (unpaired) electrons. The molecule has 8 heteroatoms. The summed E-state index contributed by atoms with van der Waals surface area (Å²) in [6.45, 7) is 2.33. The summed E-state index contributed by atoms with van der Waals surface area (Å²) in [6, 6.07) is 14.3. The Labute approximate surface area is 170 Å². The van der Waals surface area contributed by atoms with Gasteiger partial charge in [-0.25, -0.2) is 0 Å². The van der Waals surface area contributed by atoms with Crippen molar-refractivity contribution in [3.05, 3.63) is 75.6 Å². The van der Waals surface area contributed by atoms with Crippen LogP contribution in [-0.4, -0.2) is 31.1 Å². The SMILES string of the molecule is CCN1C(=O)/C(=C/c2c(Oc3ccccc3)nc3ccccn3c2=O)SC1=S. The van der Waals surface area contributed by atoms with Crippen LogP contribution < -0.4 is 10.3 Å². The van der Waals surface area contributed by atoms with Crippen LogP contribution in [0.1, 0.15) is 12.5 Å². The highest BCUT2D eigenvalue weighted by Crippen LogP contribution is 2.33. The van der Waals surface area contributed by atoms with E-state index in [9.17, 15) is 9.59 Å². The summed E-state index contributed by atoms with van der Waals surface area (Å²) >= 11 is 6.42. The number of benzene rings is 1.